The molecule has 0 aliphatic heterocycles. The van der Waals surface area contributed by atoms with Crippen LogP contribution in [0.25, 0.3) is 0 Å². The van der Waals surface area contributed by atoms with Gasteiger partial charge >= 0.3 is 12.0 Å². The lowest BCUT2D eigenvalue weighted by Gasteiger charge is -2.13. The van der Waals surface area contributed by atoms with Gasteiger partial charge in [0.15, 0.2) is 0 Å². The maximum Gasteiger partial charge on any atom is 0.326 e. The zero-order valence-corrected chi connectivity index (χ0v) is 11.7. The highest BCUT2D eigenvalue weighted by Crippen LogP contribution is 2.20. The SMILES string of the molecule is Cc1cc(CNC(=O)NC(CCO)C(=O)O)sc1C. The molecule has 1 heterocycles. The summed E-state index contributed by atoms with van der Waals surface area (Å²) < 4.78 is 0. The van der Waals surface area contributed by atoms with Crippen LogP contribution in [0, 0.1) is 13.8 Å². The van der Waals surface area contributed by atoms with Crippen LogP contribution in [-0.2, 0) is 11.3 Å². The minimum absolute atomic E-state index is 0.0139. The molecule has 0 radical (unpaired) electrons. The summed E-state index contributed by atoms with van der Waals surface area (Å²) in [7, 11) is 0. The van der Waals surface area contributed by atoms with Gasteiger partial charge in [0.05, 0.1) is 6.54 Å². The summed E-state index contributed by atoms with van der Waals surface area (Å²) in [5.74, 6) is -1.16. The molecular formula is C12H18N2O4S. The Kier molecular flexibility index (Phi) is 5.78. The minimum Gasteiger partial charge on any atom is -0.480 e. The molecule has 6 nitrogen and oxygen atoms in total. The van der Waals surface area contributed by atoms with Crippen molar-refractivity contribution >= 4 is 23.3 Å². The van der Waals surface area contributed by atoms with Gasteiger partial charge in [-0.05, 0) is 25.5 Å². The average Bonchev–Trinajstić information content (AvgIpc) is 2.65. The first-order valence-electron chi connectivity index (χ1n) is 5.88. The Morgan fingerprint density at radius 2 is 2.11 bits per heavy atom. The van der Waals surface area contributed by atoms with Crippen LogP contribution < -0.4 is 10.6 Å². The second-order valence-corrected chi connectivity index (χ2v) is 5.52. The highest BCUT2D eigenvalue weighted by molar-refractivity contribution is 7.12. The van der Waals surface area contributed by atoms with Gasteiger partial charge in [-0.2, -0.15) is 0 Å². The molecule has 0 saturated carbocycles. The average molecular weight is 286 g/mol. The van der Waals surface area contributed by atoms with Crippen LogP contribution >= 0.6 is 11.3 Å². The van der Waals surface area contributed by atoms with Crippen molar-refractivity contribution in [3.05, 3.63) is 21.4 Å². The van der Waals surface area contributed by atoms with E-state index in [9.17, 15) is 9.59 Å². The highest BCUT2D eigenvalue weighted by atomic mass is 32.1. The molecule has 2 amide bonds. The van der Waals surface area contributed by atoms with Crippen LogP contribution in [0.3, 0.4) is 0 Å². The summed E-state index contributed by atoms with van der Waals surface area (Å²) in [5.41, 5.74) is 1.17. The van der Waals surface area contributed by atoms with Gasteiger partial charge in [-0.15, -0.1) is 11.3 Å². The smallest absolute Gasteiger partial charge is 0.326 e. The summed E-state index contributed by atoms with van der Waals surface area (Å²) in [6.07, 6.45) is -0.0139. The highest BCUT2D eigenvalue weighted by Gasteiger charge is 2.18. The predicted octanol–water partition coefficient (Wildman–Crippen LogP) is 1.000. The maximum atomic E-state index is 11.5. The van der Waals surface area contributed by atoms with Gasteiger partial charge in [-0.25, -0.2) is 9.59 Å². The zero-order chi connectivity index (χ0) is 14.4. The molecule has 19 heavy (non-hydrogen) atoms. The molecule has 0 aliphatic carbocycles. The van der Waals surface area contributed by atoms with Crippen LogP contribution in [-0.4, -0.2) is 34.9 Å². The monoisotopic (exact) mass is 286 g/mol. The standard InChI is InChI=1S/C12H18N2O4S/c1-7-5-9(19-8(7)2)6-13-12(18)14-10(3-4-15)11(16)17/h5,10,15H,3-4,6H2,1-2H3,(H,16,17)(H2,13,14,18). The first kappa shape index (κ1) is 15.5. The Morgan fingerprint density at radius 3 is 2.58 bits per heavy atom. The number of hydrogen-bond donors (Lipinski definition) is 4. The number of aryl methyl sites for hydroxylation is 2. The zero-order valence-electron chi connectivity index (χ0n) is 10.9. The van der Waals surface area contributed by atoms with Gasteiger partial charge in [0.25, 0.3) is 0 Å². The molecule has 1 atom stereocenters. The first-order chi connectivity index (χ1) is 8.93. The van der Waals surface area contributed by atoms with Crippen LogP contribution in [0.2, 0.25) is 0 Å². The van der Waals surface area contributed by atoms with Crippen LogP contribution in [0.15, 0.2) is 6.07 Å². The Hall–Kier alpha value is -1.60. The summed E-state index contributed by atoms with van der Waals surface area (Å²) >= 11 is 1.59. The Labute approximate surface area is 115 Å². The molecule has 1 aromatic heterocycles. The lowest BCUT2D eigenvalue weighted by molar-refractivity contribution is -0.139. The van der Waals surface area contributed by atoms with E-state index >= 15 is 0 Å². The lowest BCUT2D eigenvalue weighted by Crippen LogP contribution is -2.46. The maximum absolute atomic E-state index is 11.5. The molecule has 0 bridgehead atoms. The minimum atomic E-state index is -1.16. The van der Waals surface area contributed by atoms with Gasteiger partial charge in [0.1, 0.15) is 6.04 Å². The summed E-state index contributed by atoms with van der Waals surface area (Å²) in [6.45, 7) is 4.07. The predicted molar refractivity (Wildman–Crippen MR) is 72.3 cm³/mol. The van der Waals surface area contributed by atoms with Crippen molar-refractivity contribution < 1.29 is 19.8 Å². The van der Waals surface area contributed by atoms with E-state index in [1.54, 1.807) is 11.3 Å². The molecule has 4 N–H and O–H groups in total. The van der Waals surface area contributed by atoms with Crippen molar-refractivity contribution in [1.29, 1.82) is 0 Å². The number of amides is 2. The quantitative estimate of drug-likeness (QED) is 0.627. The van der Waals surface area contributed by atoms with Gasteiger partial charge in [-0.3, -0.25) is 0 Å². The van der Waals surface area contributed by atoms with Crippen LogP contribution in [0.1, 0.15) is 21.7 Å². The number of rotatable bonds is 6. The second kappa shape index (κ2) is 7.10. The van der Waals surface area contributed by atoms with Crippen molar-refractivity contribution in [3.8, 4) is 0 Å². The van der Waals surface area contributed by atoms with E-state index in [0.717, 1.165) is 4.88 Å². The second-order valence-electron chi connectivity index (χ2n) is 4.18. The van der Waals surface area contributed by atoms with E-state index in [-0.39, 0.29) is 13.0 Å². The van der Waals surface area contributed by atoms with Gasteiger partial charge < -0.3 is 20.8 Å². The van der Waals surface area contributed by atoms with Gasteiger partial charge in [0, 0.05) is 22.8 Å². The van der Waals surface area contributed by atoms with E-state index in [0.29, 0.717) is 6.54 Å². The molecule has 0 spiro atoms. The van der Waals surface area contributed by atoms with Crippen LogP contribution in [0.4, 0.5) is 4.79 Å². The van der Waals surface area contributed by atoms with Gasteiger partial charge in [0.2, 0.25) is 0 Å². The number of nitrogens with one attached hydrogen (secondary N) is 2. The van der Waals surface area contributed by atoms with E-state index < -0.39 is 18.0 Å². The molecule has 0 saturated heterocycles. The molecule has 0 aliphatic rings. The number of aliphatic carboxylic acids is 1. The van der Waals surface area contributed by atoms with E-state index in [1.807, 2.05) is 19.9 Å². The normalized spacial score (nSPS) is 11.9. The summed E-state index contributed by atoms with van der Waals surface area (Å²) in [5, 5.41) is 22.4. The Bertz CT molecular complexity index is 439. The third kappa shape index (κ3) is 4.88. The van der Waals surface area contributed by atoms with E-state index in [2.05, 4.69) is 10.6 Å². The fourth-order valence-corrected chi connectivity index (χ4v) is 2.49. The van der Waals surface area contributed by atoms with Crippen molar-refractivity contribution in [2.75, 3.05) is 6.61 Å². The van der Waals surface area contributed by atoms with Crippen molar-refractivity contribution in [2.24, 2.45) is 0 Å². The van der Waals surface area contributed by atoms with Crippen LogP contribution in [0.5, 0.6) is 0 Å². The number of aliphatic hydroxyl groups excluding tert-OH is 1. The fraction of sp³-hybridized carbons (Fsp3) is 0.500. The molecule has 0 fully saturated rings. The molecule has 1 rings (SSSR count). The number of aliphatic hydroxyl groups is 1. The Morgan fingerprint density at radius 1 is 1.42 bits per heavy atom. The van der Waals surface area contributed by atoms with Crippen molar-refractivity contribution in [1.82, 2.24) is 10.6 Å². The third-order valence-electron chi connectivity index (χ3n) is 2.66. The Balaban J connectivity index is 2.44. The van der Waals surface area contributed by atoms with Gasteiger partial charge in [-0.1, -0.05) is 0 Å². The molecular weight excluding hydrogens is 268 g/mol. The number of hydrogen-bond acceptors (Lipinski definition) is 4. The summed E-state index contributed by atoms with van der Waals surface area (Å²) in [6, 6.07) is 0.365. The third-order valence-corrected chi connectivity index (χ3v) is 3.81. The topological polar surface area (TPSA) is 98.7 Å². The number of carboxylic acids is 1. The molecule has 106 valence electrons. The number of carboxylic acid groups (broad SMARTS) is 1. The fourth-order valence-electron chi connectivity index (χ4n) is 1.50. The molecule has 1 aromatic rings. The van der Waals surface area contributed by atoms with Crippen molar-refractivity contribution in [2.45, 2.75) is 32.9 Å². The van der Waals surface area contributed by atoms with Crippen molar-refractivity contribution in [3.63, 3.8) is 0 Å². The number of urea groups is 1. The molecule has 7 heteroatoms. The molecule has 0 aromatic carbocycles. The van der Waals surface area contributed by atoms with E-state index in [1.165, 1.54) is 10.4 Å². The lowest BCUT2D eigenvalue weighted by atomic mass is 10.2. The summed E-state index contributed by atoms with van der Waals surface area (Å²) in [4.78, 5) is 24.5. The number of carbonyl (C=O) groups is 2. The van der Waals surface area contributed by atoms with E-state index in [4.69, 9.17) is 10.2 Å². The number of thiophene rings is 1. The molecule has 1 unspecified atom stereocenters. The first-order valence-corrected chi connectivity index (χ1v) is 6.69. The largest absolute Gasteiger partial charge is 0.480 e. The number of carbonyl (C=O) groups excluding carboxylic acids is 1.